The molecule has 0 aromatic heterocycles. The van der Waals surface area contributed by atoms with Crippen molar-refractivity contribution < 1.29 is 24.2 Å². The van der Waals surface area contributed by atoms with Gasteiger partial charge >= 0.3 is 41.3 Å². The zero-order valence-electron chi connectivity index (χ0n) is 25.7. The Morgan fingerprint density at radius 1 is 0.838 bits per heavy atom. The van der Waals surface area contributed by atoms with Gasteiger partial charge in [0.1, 0.15) is 0 Å². The third-order valence-corrected chi connectivity index (χ3v) is 6.84. The Morgan fingerprint density at radius 2 is 1.27 bits per heavy atom. The zero-order chi connectivity index (χ0) is 28.2. The molecule has 3 aromatic rings. The second-order valence-electron chi connectivity index (χ2n) is 13.9. The first-order chi connectivity index (χ1) is 16.9. The second kappa shape index (κ2) is 12.6. The molecule has 0 radical (unpaired) electrons. The zero-order valence-corrected chi connectivity index (χ0v) is 28.1. The van der Waals surface area contributed by atoms with E-state index in [0.29, 0.717) is 5.41 Å². The third-order valence-electron chi connectivity index (χ3n) is 6.84. The predicted octanol–water partition coefficient (Wildman–Crippen LogP) is 10.8. The summed E-state index contributed by atoms with van der Waals surface area (Å²) in [5.74, 6) is 0.773. The van der Waals surface area contributed by atoms with Crippen molar-refractivity contribution in [2.45, 2.75) is 107 Å². The van der Waals surface area contributed by atoms with E-state index in [0.717, 1.165) is 12.3 Å². The van der Waals surface area contributed by atoms with Crippen LogP contribution in [0.15, 0.2) is 60.2 Å². The van der Waals surface area contributed by atoms with E-state index >= 15 is 0 Å². The normalized spacial score (nSPS) is 13.9. The van der Waals surface area contributed by atoms with Crippen LogP contribution in [0, 0.1) is 17.4 Å². The van der Waals surface area contributed by atoms with Gasteiger partial charge in [0.15, 0.2) is 0 Å². The van der Waals surface area contributed by atoms with Crippen LogP contribution in [0.4, 0.5) is 0 Å². The summed E-state index contributed by atoms with van der Waals surface area (Å²) < 4.78 is 1.51. The van der Waals surface area contributed by atoms with Gasteiger partial charge in [0.05, 0.1) is 0 Å². The van der Waals surface area contributed by atoms with E-state index in [4.69, 9.17) is 0 Å². The average molecular weight is 574 g/mol. The van der Waals surface area contributed by atoms with Gasteiger partial charge in [0.2, 0.25) is 0 Å². The van der Waals surface area contributed by atoms with E-state index in [1.165, 1.54) is 47.9 Å². The Hall–Kier alpha value is -1.46. The van der Waals surface area contributed by atoms with Gasteiger partial charge in [-0.15, -0.1) is 46.2 Å². The summed E-state index contributed by atoms with van der Waals surface area (Å²) in [6.07, 6.45) is 9.95. The minimum atomic E-state index is 0.194. The van der Waals surface area contributed by atoms with Crippen molar-refractivity contribution in [1.82, 2.24) is 0 Å². The molecule has 0 spiro atoms. The van der Waals surface area contributed by atoms with Crippen molar-refractivity contribution in [3.05, 3.63) is 77.4 Å². The molecule has 0 saturated carbocycles. The number of rotatable bonds is 3. The van der Waals surface area contributed by atoms with Gasteiger partial charge in [0.25, 0.3) is 0 Å². The summed E-state index contributed by atoms with van der Waals surface area (Å²) in [5.41, 5.74) is 5.01. The number of hydrogen-bond acceptors (Lipinski definition) is 0. The van der Waals surface area contributed by atoms with Crippen molar-refractivity contribution in [3.63, 3.8) is 0 Å². The van der Waals surface area contributed by atoms with Gasteiger partial charge < -0.3 is 0 Å². The molecule has 0 fully saturated rings. The Labute approximate surface area is 243 Å². The van der Waals surface area contributed by atoms with Crippen LogP contribution >= 0.6 is 0 Å². The fourth-order valence-electron chi connectivity index (χ4n) is 4.94. The fraction of sp³-hybridized carbons (Fsp3) is 0.500. The van der Waals surface area contributed by atoms with Gasteiger partial charge in [-0.3, -0.25) is 6.08 Å². The summed E-state index contributed by atoms with van der Waals surface area (Å²) in [4.78, 5) is 0. The van der Waals surface area contributed by atoms with Gasteiger partial charge in [0, 0.05) is 0 Å². The van der Waals surface area contributed by atoms with Crippen LogP contribution in [0.5, 0.6) is 0 Å². The maximum absolute atomic E-state index is 3.23. The molecule has 0 amide bonds. The molecule has 1 aliphatic carbocycles. The topological polar surface area (TPSA) is 0 Å². The average Bonchev–Trinajstić information content (AvgIpc) is 3.39. The molecule has 37 heavy (non-hydrogen) atoms. The molecule has 4 rings (SSSR count). The quantitative estimate of drug-likeness (QED) is 0.273. The van der Waals surface area contributed by atoms with Crippen molar-refractivity contribution in [1.29, 1.82) is 0 Å². The molecule has 1 aliphatic rings. The van der Waals surface area contributed by atoms with Crippen LogP contribution in [0.2, 0.25) is 0 Å². The Balaban J connectivity index is 0.000000254. The molecule has 0 atom stereocenters. The van der Waals surface area contributed by atoms with Crippen LogP contribution in [-0.2, 0) is 35.1 Å². The summed E-state index contributed by atoms with van der Waals surface area (Å²) in [5, 5.41) is 5.49. The van der Waals surface area contributed by atoms with E-state index in [9.17, 15) is 0 Å². The predicted molar refractivity (Wildman–Crippen MR) is 165 cm³/mol. The molecule has 0 unspecified atom stereocenters. The molecule has 198 valence electrons. The monoisotopic (exact) mass is 572 g/mol. The number of benzene rings is 2. The maximum atomic E-state index is 3.23. The molecule has 0 nitrogen and oxygen atoms in total. The van der Waals surface area contributed by atoms with E-state index in [1.807, 2.05) is 0 Å². The van der Waals surface area contributed by atoms with Gasteiger partial charge in [-0.1, -0.05) is 116 Å². The van der Waals surface area contributed by atoms with E-state index in [2.05, 4.69) is 144 Å². The van der Waals surface area contributed by atoms with Crippen LogP contribution in [-0.4, -0.2) is 3.21 Å². The van der Waals surface area contributed by atoms with Gasteiger partial charge in [-0.2, -0.15) is 11.6 Å². The molecular weight excluding hydrogens is 524 g/mol. The first-order valence-electron chi connectivity index (χ1n) is 13.8. The van der Waals surface area contributed by atoms with Crippen molar-refractivity contribution in [2.24, 2.45) is 11.3 Å². The molecule has 0 bridgehead atoms. The fourth-order valence-corrected chi connectivity index (χ4v) is 4.94. The first kappa shape index (κ1) is 31.8. The van der Waals surface area contributed by atoms with Crippen LogP contribution in [0.25, 0.3) is 21.5 Å². The molecule has 0 heterocycles. The summed E-state index contributed by atoms with van der Waals surface area (Å²) in [7, 11) is 0. The van der Waals surface area contributed by atoms with Gasteiger partial charge in [-0.25, -0.2) is 6.08 Å². The van der Waals surface area contributed by atoms with Crippen molar-refractivity contribution in [2.75, 3.05) is 0 Å². The number of hydrogen-bond donors (Lipinski definition) is 0. The van der Waals surface area contributed by atoms with Crippen molar-refractivity contribution in [3.8, 4) is 0 Å². The standard InChI is InChI=1S/C21H25.C12H19.C3H6.Zr/c1-20(2,3)16-9-7-14-11-15-8-10-17(21(4,5)6)13-19(15)18(14)12-16;1-10(2)9-12(3,4)11-7-5-6-8-11;1-3-2;/h7-13H,1-6H3;7-8,10H,5,9H2,1-4H3;1-2H3;/q2*-1;;+2. The summed E-state index contributed by atoms with van der Waals surface area (Å²) >= 11 is 1.55. The first-order valence-corrected chi connectivity index (χ1v) is 15.1. The molecular formula is C36H50Zr. The number of allylic oxidation sites excluding steroid dienone is 4. The second-order valence-corrected chi connectivity index (χ2v) is 16.4. The van der Waals surface area contributed by atoms with E-state index in [-0.39, 0.29) is 10.8 Å². The number of fused-ring (bicyclic) bond motifs is 3. The molecule has 0 N–H and O–H groups in total. The van der Waals surface area contributed by atoms with Gasteiger partial charge in [-0.05, 0) is 16.7 Å². The Kier molecular flexibility index (Phi) is 10.8. The minimum absolute atomic E-state index is 0.194. The van der Waals surface area contributed by atoms with Crippen LogP contribution in [0.3, 0.4) is 0 Å². The van der Waals surface area contributed by atoms with Crippen molar-refractivity contribution >= 4 is 24.8 Å². The Bertz CT molecular complexity index is 1190. The Morgan fingerprint density at radius 3 is 1.59 bits per heavy atom. The molecule has 3 aromatic carbocycles. The van der Waals surface area contributed by atoms with Crippen LogP contribution < -0.4 is 0 Å². The molecule has 0 saturated heterocycles. The van der Waals surface area contributed by atoms with E-state index in [1.54, 1.807) is 24.2 Å². The molecule has 0 aliphatic heterocycles. The van der Waals surface area contributed by atoms with Crippen LogP contribution in [0.1, 0.15) is 107 Å². The third kappa shape index (κ3) is 9.35. The summed E-state index contributed by atoms with van der Waals surface area (Å²) in [6.45, 7) is 27.1. The summed E-state index contributed by atoms with van der Waals surface area (Å²) in [6, 6.07) is 16.1. The van der Waals surface area contributed by atoms with E-state index < -0.39 is 0 Å². The molecule has 1 heteroatoms. The SMILES string of the molecule is CC(C)(C)c1ccc2[cH-]c3ccc(C(C)(C)C)cc3c2c1.CC(C)CC(C)(C)C1=CC[C-]=C1.C[C](C)=[Zr+2].